The normalized spacial score (nSPS) is 22.9. The number of fused-ring (bicyclic) bond motifs is 1. The van der Waals surface area contributed by atoms with Crippen molar-refractivity contribution in [1.29, 1.82) is 0 Å². The van der Waals surface area contributed by atoms with E-state index in [1.165, 1.54) is 0 Å². The van der Waals surface area contributed by atoms with Crippen LogP contribution in [0, 0.1) is 6.92 Å². The Morgan fingerprint density at radius 1 is 1.33 bits per heavy atom. The number of hydrogen-bond donors (Lipinski definition) is 4. The van der Waals surface area contributed by atoms with Gasteiger partial charge in [-0.1, -0.05) is 12.1 Å². The number of H-pyrrole nitrogens is 1. The van der Waals surface area contributed by atoms with E-state index in [0.717, 1.165) is 22.2 Å². The van der Waals surface area contributed by atoms with Crippen LogP contribution in [0.25, 0.3) is 10.9 Å². The molecule has 0 amide bonds. The zero-order chi connectivity index (χ0) is 12.8. The molecule has 1 aromatic carbocycles. The molecule has 2 heterocycles. The Balaban J connectivity index is 2.25. The van der Waals surface area contributed by atoms with Gasteiger partial charge < -0.3 is 16.0 Å². The molecule has 18 heavy (non-hydrogen) atoms. The van der Waals surface area contributed by atoms with Crippen LogP contribution in [-0.2, 0) is 5.66 Å². The third-order valence-electron chi connectivity index (χ3n) is 3.10. The predicted octanol–water partition coefficient (Wildman–Crippen LogP) is 1.02. The molecule has 1 aliphatic heterocycles. The van der Waals surface area contributed by atoms with Crippen LogP contribution in [0.1, 0.15) is 11.3 Å². The molecule has 92 valence electrons. The lowest BCUT2D eigenvalue weighted by atomic mass is 9.96. The first kappa shape index (κ1) is 10.9. The number of aromatic nitrogens is 1. The highest BCUT2D eigenvalue weighted by Gasteiger charge is 2.28. The lowest BCUT2D eigenvalue weighted by Crippen LogP contribution is -2.42. The van der Waals surface area contributed by atoms with Crippen LogP contribution >= 0.6 is 0 Å². The Labute approximate surface area is 105 Å². The number of aromatic amines is 1. The van der Waals surface area contributed by atoms with Gasteiger partial charge in [0.25, 0.3) is 0 Å². The summed E-state index contributed by atoms with van der Waals surface area (Å²) in [7, 11) is 0. The van der Waals surface area contributed by atoms with Crippen LogP contribution in [0.15, 0.2) is 41.5 Å². The smallest absolute Gasteiger partial charge is 0.195 e. The van der Waals surface area contributed by atoms with Crippen LogP contribution in [0.2, 0.25) is 0 Å². The summed E-state index contributed by atoms with van der Waals surface area (Å²) in [6.07, 6.45) is 3.53. The molecule has 1 aromatic heterocycles. The minimum absolute atomic E-state index is 0.323. The zero-order valence-electron chi connectivity index (χ0n) is 10.1. The van der Waals surface area contributed by atoms with Crippen molar-refractivity contribution in [2.45, 2.75) is 12.6 Å². The average molecular weight is 241 g/mol. The van der Waals surface area contributed by atoms with E-state index in [-0.39, 0.29) is 0 Å². The molecule has 6 N–H and O–H groups in total. The second-order valence-corrected chi connectivity index (χ2v) is 4.52. The maximum atomic E-state index is 6.34. The Morgan fingerprint density at radius 3 is 2.94 bits per heavy atom. The van der Waals surface area contributed by atoms with Crippen LogP contribution in [-0.4, -0.2) is 10.9 Å². The molecule has 1 unspecified atom stereocenters. The summed E-state index contributed by atoms with van der Waals surface area (Å²) < 4.78 is 0. The summed E-state index contributed by atoms with van der Waals surface area (Å²) >= 11 is 0. The first-order valence-corrected chi connectivity index (χ1v) is 5.76. The number of rotatable bonds is 1. The molecule has 0 radical (unpaired) electrons. The van der Waals surface area contributed by atoms with Crippen molar-refractivity contribution in [2.24, 2.45) is 16.5 Å². The SMILES string of the molecule is Cc1cc2c(C3(N)C=CNC(N)=N3)cccc2[nH]1. The third-order valence-corrected chi connectivity index (χ3v) is 3.10. The van der Waals surface area contributed by atoms with E-state index in [0.29, 0.717) is 5.96 Å². The first-order chi connectivity index (χ1) is 8.58. The number of nitrogens with one attached hydrogen (secondary N) is 2. The minimum Gasteiger partial charge on any atom is -0.370 e. The largest absolute Gasteiger partial charge is 0.370 e. The molecule has 2 aromatic rings. The van der Waals surface area contributed by atoms with Gasteiger partial charge in [-0.05, 0) is 25.1 Å². The summed E-state index contributed by atoms with van der Waals surface area (Å²) in [6, 6.07) is 8.03. The molecule has 5 heteroatoms. The number of nitrogens with two attached hydrogens (primary N) is 2. The van der Waals surface area contributed by atoms with Crippen molar-refractivity contribution in [1.82, 2.24) is 10.3 Å². The zero-order valence-corrected chi connectivity index (χ0v) is 10.1. The average Bonchev–Trinajstić information content (AvgIpc) is 2.68. The van der Waals surface area contributed by atoms with Gasteiger partial charge in [-0.3, -0.25) is 5.73 Å². The van der Waals surface area contributed by atoms with Crippen molar-refractivity contribution in [3.8, 4) is 0 Å². The highest BCUT2D eigenvalue weighted by Crippen LogP contribution is 2.30. The fourth-order valence-corrected chi connectivity index (χ4v) is 2.32. The maximum absolute atomic E-state index is 6.34. The number of nitrogens with zero attached hydrogens (tertiary/aromatic N) is 1. The van der Waals surface area contributed by atoms with E-state index in [2.05, 4.69) is 21.4 Å². The van der Waals surface area contributed by atoms with E-state index in [1.807, 2.05) is 25.1 Å². The first-order valence-electron chi connectivity index (χ1n) is 5.76. The van der Waals surface area contributed by atoms with Crippen LogP contribution < -0.4 is 16.8 Å². The molecular weight excluding hydrogens is 226 g/mol. The number of guanidine groups is 1. The van der Waals surface area contributed by atoms with Crippen LogP contribution in [0.3, 0.4) is 0 Å². The summed E-state index contributed by atoms with van der Waals surface area (Å²) in [5.74, 6) is 0.323. The van der Waals surface area contributed by atoms with Crippen LogP contribution in [0.4, 0.5) is 0 Å². The molecule has 0 bridgehead atoms. The summed E-state index contributed by atoms with van der Waals surface area (Å²) in [5, 5.41) is 3.89. The molecule has 1 atom stereocenters. The number of aliphatic imine (C=N–C) groups is 1. The summed E-state index contributed by atoms with van der Waals surface area (Å²) in [4.78, 5) is 7.60. The summed E-state index contributed by atoms with van der Waals surface area (Å²) in [6.45, 7) is 2.02. The predicted molar refractivity (Wildman–Crippen MR) is 72.8 cm³/mol. The molecule has 0 saturated heterocycles. The fraction of sp³-hybridized carbons (Fsp3) is 0.154. The van der Waals surface area contributed by atoms with Gasteiger partial charge >= 0.3 is 0 Å². The highest BCUT2D eigenvalue weighted by molar-refractivity contribution is 5.87. The quantitative estimate of drug-likeness (QED) is 0.600. The fourth-order valence-electron chi connectivity index (χ4n) is 2.32. The third kappa shape index (κ3) is 1.56. The molecule has 0 spiro atoms. The second kappa shape index (κ2) is 3.61. The van der Waals surface area contributed by atoms with Crippen molar-refractivity contribution in [3.63, 3.8) is 0 Å². The van der Waals surface area contributed by atoms with Gasteiger partial charge in [-0.2, -0.15) is 0 Å². The van der Waals surface area contributed by atoms with Crippen molar-refractivity contribution >= 4 is 16.9 Å². The molecule has 5 nitrogen and oxygen atoms in total. The van der Waals surface area contributed by atoms with E-state index < -0.39 is 5.66 Å². The molecule has 0 fully saturated rings. The lowest BCUT2D eigenvalue weighted by Gasteiger charge is -2.26. The second-order valence-electron chi connectivity index (χ2n) is 4.52. The Kier molecular flexibility index (Phi) is 2.18. The van der Waals surface area contributed by atoms with Gasteiger partial charge in [0, 0.05) is 28.4 Å². The van der Waals surface area contributed by atoms with Crippen molar-refractivity contribution in [2.75, 3.05) is 0 Å². The van der Waals surface area contributed by atoms with Gasteiger partial charge in [-0.25, -0.2) is 4.99 Å². The topological polar surface area (TPSA) is 92.2 Å². The monoisotopic (exact) mass is 241 g/mol. The van der Waals surface area contributed by atoms with Gasteiger partial charge in [0.2, 0.25) is 0 Å². The Morgan fingerprint density at radius 2 is 2.17 bits per heavy atom. The Bertz CT molecular complexity index is 667. The number of aryl methyl sites for hydroxylation is 1. The van der Waals surface area contributed by atoms with Crippen molar-refractivity contribution in [3.05, 3.63) is 47.8 Å². The van der Waals surface area contributed by atoms with E-state index in [1.54, 1.807) is 12.3 Å². The summed E-state index contributed by atoms with van der Waals surface area (Å²) in [5.41, 5.74) is 14.2. The van der Waals surface area contributed by atoms with Gasteiger partial charge in [-0.15, -0.1) is 0 Å². The minimum atomic E-state index is -0.913. The molecule has 3 rings (SSSR count). The van der Waals surface area contributed by atoms with Gasteiger partial charge in [0.1, 0.15) is 0 Å². The number of benzene rings is 1. The number of hydrogen-bond acceptors (Lipinski definition) is 4. The van der Waals surface area contributed by atoms with E-state index in [4.69, 9.17) is 11.5 Å². The van der Waals surface area contributed by atoms with E-state index in [9.17, 15) is 0 Å². The standard InChI is InChI=1S/C13H15N5/c1-8-7-9-10(3-2-4-11(9)17-8)13(15)5-6-16-12(14)18-13/h2-7,17H,15H2,1H3,(H3,14,16,18). The molecule has 1 aliphatic rings. The highest BCUT2D eigenvalue weighted by atomic mass is 15.2. The molecule has 0 saturated carbocycles. The molecule has 0 aliphatic carbocycles. The molecular formula is C13H15N5. The van der Waals surface area contributed by atoms with Crippen molar-refractivity contribution < 1.29 is 0 Å². The van der Waals surface area contributed by atoms with Crippen LogP contribution in [0.5, 0.6) is 0 Å². The van der Waals surface area contributed by atoms with Gasteiger partial charge in [0.15, 0.2) is 11.6 Å². The van der Waals surface area contributed by atoms with E-state index >= 15 is 0 Å². The Hall–Kier alpha value is -2.27. The maximum Gasteiger partial charge on any atom is 0.195 e. The lowest BCUT2D eigenvalue weighted by molar-refractivity contribution is 0.586. The van der Waals surface area contributed by atoms with Gasteiger partial charge in [0.05, 0.1) is 0 Å².